The normalized spacial score (nSPS) is 11.0. The van der Waals surface area contributed by atoms with Crippen LogP contribution in [-0.2, 0) is 0 Å². The van der Waals surface area contributed by atoms with Gasteiger partial charge in [0.25, 0.3) is 0 Å². The lowest BCUT2D eigenvalue weighted by Crippen LogP contribution is -1.83. The molecule has 5 heteroatoms. The van der Waals surface area contributed by atoms with Crippen molar-refractivity contribution in [3.63, 3.8) is 0 Å². The van der Waals surface area contributed by atoms with E-state index < -0.39 is 0 Å². The fourth-order valence-electron chi connectivity index (χ4n) is 2.32. The van der Waals surface area contributed by atoms with Gasteiger partial charge in [0.15, 0.2) is 0 Å². The van der Waals surface area contributed by atoms with Gasteiger partial charge < -0.3 is 4.74 Å². The van der Waals surface area contributed by atoms with E-state index in [1.54, 1.807) is 18.4 Å². The average molecular weight is 324 g/mol. The summed E-state index contributed by atoms with van der Waals surface area (Å²) in [6.45, 7) is 0. The van der Waals surface area contributed by atoms with Crippen molar-refractivity contribution in [1.82, 2.24) is 9.36 Å². The lowest BCUT2D eigenvalue weighted by molar-refractivity contribution is 0.415. The number of hydrogen-bond donors (Lipinski definition) is 0. The lowest BCUT2D eigenvalue weighted by Gasteiger charge is -2.00. The average Bonchev–Trinajstić information content (AvgIpc) is 3.21. The van der Waals surface area contributed by atoms with E-state index >= 15 is 0 Å². The zero-order valence-electron chi connectivity index (χ0n) is 11.8. The van der Waals surface area contributed by atoms with Crippen molar-refractivity contribution in [3.8, 4) is 27.7 Å². The summed E-state index contributed by atoms with van der Waals surface area (Å²) in [6.07, 6.45) is 0. The number of hydrogen-bond acceptors (Lipinski definition) is 5. The Morgan fingerprint density at radius 3 is 2.64 bits per heavy atom. The number of aromatic nitrogens is 2. The highest BCUT2D eigenvalue weighted by Gasteiger charge is 2.12. The van der Waals surface area contributed by atoms with Crippen LogP contribution in [0.15, 0.2) is 53.9 Å². The predicted octanol–water partition coefficient (Wildman–Crippen LogP) is 5.10. The molecule has 0 saturated heterocycles. The van der Waals surface area contributed by atoms with Crippen LogP contribution in [0, 0.1) is 0 Å². The minimum atomic E-state index is 0.852. The molecule has 0 fully saturated rings. The lowest BCUT2D eigenvalue weighted by atomic mass is 10.2. The number of fused-ring (bicyclic) bond motifs is 1. The fourth-order valence-corrected chi connectivity index (χ4v) is 3.98. The first kappa shape index (κ1) is 13.4. The molecule has 0 N–H and O–H groups in total. The summed E-state index contributed by atoms with van der Waals surface area (Å²) in [7, 11) is 1.67. The smallest absolute Gasteiger partial charge is 0.144 e. The molecule has 22 heavy (non-hydrogen) atoms. The molecule has 0 unspecified atom stereocenters. The molecule has 2 aromatic carbocycles. The first-order chi connectivity index (χ1) is 10.8. The van der Waals surface area contributed by atoms with Crippen molar-refractivity contribution in [2.45, 2.75) is 0 Å². The third-order valence-electron chi connectivity index (χ3n) is 3.47. The van der Waals surface area contributed by atoms with Crippen molar-refractivity contribution in [1.29, 1.82) is 0 Å². The number of ether oxygens (including phenoxy) is 1. The van der Waals surface area contributed by atoms with Crippen molar-refractivity contribution < 1.29 is 4.74 Å². The minimum Gasteiger partial charge on any atom is -0.497 e. The third kappa shape index (κ3) is 2.28. The summed E-state index contributed by atoms with van der Waals surface area (Å²) >= 11 is 3.15. The Kier molecular flexibility index (Phi) is 3.36. The number of methoxy groups -OCH3 is 1. The number of nitrogens with zero attached hydrogens (tertiary/aromatic N) is 2. The zero-order chi connectivity index (χ0) is 14.9. The molecule has 0 atom stereocenters. The molecule has 108 valence electrons. The highest BCUT2D eigenvalue weighted by Crippen LogP contribution is 2.34. The Hall–Kier alpha value is -2.24. The van der Waals surface area contributed by atoms with E-state index in [9.17, 15) is 0 Å². The maximum absolute atomic E-state index is 5.19. The summed E-state index contributed by atoms with van der Waals surface area (Å²) in [4.78, 5) is 4.75. The van der Waals surface area contributed by atoms with Gasteiger partial charge in [0.2, 0.25) is 0 Å². The molecular weight excluding hydrogens is 312 g/mol. The van der Waals surface area contributed by atoms with Gasteiger partial charge in [-0.1, -0.05) is 18.2 Å². The number of rotatable bonds is 3. The molecule has 2 heterocycles. The van der Waals surface area contributed by atoms with Gasteiger partial charge >= 0.3 is 0 Å². The summed E-state index contributed by atoms with van der Waals surface area (Å²) in [5, 5.41) is 4.21. The van der Waals surface area contributed by atoms with E-state index in [0.717, 1.165) is 27.7 Å². The quantitative estimate of drug-likeness (QED) is 0.526. The van der Waals surface area contributed by atoms with E-state index in [1.165, 1.54) is 21.6 Å². The highest BCUT2D eigenvalue weighted by atomic mass is 32.1. The van der Waals surface area contributed by atoms with Gasteiger partial charge in [-0.15, -0.1) is 11.3 Å². The monoisotopic (exact) mass is 324 g/mol. The summed E-state index contributed by atoms with van der Waals surface area (Å²) in [6, 6.07) is 16.2. The molecule has 4 aromatic rings. The largest absolute Gasteiger partial charge is 0.497 e. The Balaban J connectivity index is 1.74. The predicted molar refractivity (Wildman–Crippen MR) is 92.7 cm³/mol. The Labute approximate surface area is 136 Å². The van der Waals surface area contributed by atoms with Gasteiger partial charge in [0, 0.05) is 16.3 Å². The summed E-state index contributed by atoms with van der Waals surface area (Å²) < 4.78 is 11.0. The van der Waals surface area contributed by atoms with Crippen LogP contribution < -0.4 is 4.74 Å². The molecule has 0 aliphatic carbocycles. The molecule has 0 aliphatic rings. The van der Waals surface area contributed by atoms with Gasteiger partial charge in [-0.3, -0.25) is 0 Å². The van der Waals surface area contributed by atoms with Crippen LogP contribution in [0.3, 0.4) is 0 Å². The Bertz CT molecular complexity index is 925. The SMILES string of the molecule is COc1ccc(-c2csc(-c3nsc4ccccc34)n2)cc1. The fraction of sp³-hybridized carbons (Fsp3) is 0.0588. The van der Waals surface area contributed by atoms with Crippen LogP contribution in [0.5, 0.6) is 5.75 Å². The van der Waals surface area contributed by atoms with Crippen LogP contribution in [-0.4, -0.2) is 16.5 Å². The first-order valence-corrected chi connectivity index (χ1v) is 8.45. The van der Waals surface area contributed by atoms with Crippen LogP contribution in [0.2, 0.25) is 0 Å². The minimum absolute atomic E-state index is 0.852. The molecule has 0 spiro atoms. The van der Waals surface area contributed by atoms with Gasteiger partial charge in [-0.25, -0.2) is 4.98 Å². The van der Waals surface area contributed by atoms with Crippen molar-refractivity contribution in [2.24, 2.45) is 0 Å². The van der Waals surface area contributed by atoms with E-state index in [4.69, 9.17) is 9.72 Å². The van der Waals surface area contributed by atoms with Gasteiger partial charge in [-0.2, -0.15) is 4.37 Å². The van der Waals surface area contributed by atoms with Crippen LogP contribution in [0.1, 0.15) is 0 Å². The molecule has 3 nitrogen and oxygen atoms in total. The number of thiazole rings is 1. The van der Waals surface area contributed by atoms with Crippen LogP contribution in [0.4, 0.5) is 0 Å². The molecule has 0 radical (unpaired) electrons. The standard InChI is InChI=1S/C17H12N2OS2/c1-20-12-8-6-11(7-9-12)14-10-21-17(18-14)16-13-4-2-3-5-15(13)22-19-16/h2-10H,1H3. The van der Waals surface area contributed by atoms with Crippen molar-refractivity contribution in [3.05, 3.63) is 53.9 Å². The maximum Gasteiger partial charge on any atom is 0.144 e. The molecule has 0 aliphatic heterocycles. The van der Waals surface area contributed by atoms with Gasteiger partial charge in [-0.05, 0) is 41.9 Å². The molecule has 2 aromatic heterocycles. The molecule has 0 bridgehead atoms. The van der Waals surface area contributed by atoms with Crippen molar-refractivity contribution in [2.75, 3.05) is 7.11 Å². The topological polar surface area (TPSA) is 35.0 Å². The Morgan fingerprint density at radius 2 is 1.82 bits per heavy atom. The van der Waals surface area contributed by atoms with Gasteiger partial charge in [0.05, 0.1) is 17.5 Å². The summed E-state index contributed by atoms with van der Waals surface area (Å²) in [5.74, 6) is 0.852. The molecule has 4 rings (SSSR count). The second-order valence-corrected chi connectivity index (χ2v) is 6.46. The van der Waals surface area contributed by atoms with Crippen LogP contribution in [0.25, 0.3) is 32.0 Å². The van der Waals surface area contributed by atoms with Crippen LogP contribution >= 0.6 is 22.9 Å². The van der Waals surface area contributed by atoms with E-state index in [2.05, 4.69) is 21.9 Å². The highest BCUT2D eigenvalue weighted by molar-refractivity contribution is 7.15. The summed E-state index contributed by atoms with van der Waals surface area (Å²) in [5.41, 5.74) is 3.04. The molecule has 0 saturated carbocycles. The second-order valence-electron chi connectivity index (χ2n) is 4.79. The molecular formula is C17H12N2OS2. The Morgan fingerprint density at radius 1 is 1.00 bits per heavy atom. The van der Waals surface area contributed by atoms with E-state index in [1.807, 2.05) is 36.4 Å². The van der Waals surface area contributed by atoms with Gasteiger partial charge in [0.1, 0.15) is 16.5 Å². The van der Waals surface area contributed by atoms with Crippen molar-refractivity contribution >= 4 is 33.0 Å². The molecule has 0 amide bonds. The van der Waals surface area contributed by atoms with E-state index in [0.29, 0.717) is 0 Å². The zero-order valence-corrected chi connectivity index (χ0v) is 13.4. The van der Waals surface area contributed by atoms with E-state index in [-0.39, 0.29) is 0 Å². The maximum atomic E-state index is 5.19. The second kappa shape index (κ2) is 5.51. The first-order valence-electron chi connectivity index (χ1n) is 6.80. The third-order valence-corrected chi connectivity index (χ3v) is 5.15. The number of benzene rings is 2.